The number of hydrogen-bond donors (Lipinski definition) is 1. The normalized spacial score (nSPS) is 29.3. The highest BCUT2D eigenvalue weighted by atomic mass is 32.2. The van der Waals surface area contributed by atoms with Crippen LogP contribution in [0.15, 0.2) is 30.3 Å². The van der Waals surface area contributed by atoms with Gasteiger partial charge in [0.2, 0.25) is 21.8 Å². The lowest BCUT2D eigenvalue weighted by atomic mass is 9.75. The second kappa shape index (κ2) is 6.66. The van der Waals surface area contributed by atoms with Crippen LogP contribution in [0.25, 0.3) is 0 Å². The number of amides is 2. The average Bonchev–Trinajstić information content (AvgIpc) is 2.89. The minimum Gasteiger partial charge on any atom is -0.347 e. The fourth-order valence-electron chi connectivity index (χ4n) is 4.48. The Bertz CT molecular complexity index is 811. The maximum atomic E-state index is 12.5. The van der Waals surface area contributed by atoms with Crippen LogP contribution in [-0.2, 0) is 19.6 Å². The minimum absolute atomic E-state index is 0.0674. The van der Waals surface area contributed by atoms with Crippen LogP contribution in [0.3, 0.4) is 0 Å². The van der Waals surface area contributed by atoms with Crippen LogP contribution in [0, 0.1) is 5.92 Å². The van der Waals surface area contributed by atoms with Gasteiger partial charge in [-0.15, -0.1) is 0 Å². The monoisotopic (exact) mass is 379 g/mol. The first-order chi connectivity index (χ1) is 12.1. The molecule has 3 rings (SSSR count). The number of carbonyl (C=O) groups excluding carboxylic acids is 2. The number of piperidine rings is 1. The van der Waals surface area contributed by atoms with Crippen LogP contribution < -0.4 is 5.32 Å². The highest BCUT2D eigenvalue weighted by Crippen LogP contribution is 2.48. The van der Waals surface area contributed by atoms with Gasteiger partial charge in [0.25, 0.3) is 0 Å². The van der Waals surface area contributed by atoms with Crippen LogP contribution in [-0.4, -0.2) is 60.9 Å². The number of rotatable bonds is 3. The molecule has 0 radical (unpaired) electrons. The molecule has 26 heavy (non-hydrogen) atoms. The summed E-state index contributed by atoms with van der Waals surface area (Å²) in [7, 11) is -3.49. The highest BCUT2D eigenvalue weighted by molar-refractivity contribution is 7.88. The Morgan fingerprint density at radius 2 is 1.81 bits per heavy atom. The van der Waals surface area contributed by atoms with Gasteiger partial charge in [-0.05, 0) is 12.0 Å². The van der Waals surface area contributed by atoms with E-state index in [-0.39, 0.29) is 30.3 Å². The number of sulfonamides is 1. The Hall–Kier alpha value is -1.93. The van der Waals surface area contributed by atoms with Gasteiger partial charge in [-0.1, -0.05) is 30.3 Å². The second-order valence-corrected chi connectivity index (χ2v) is 9.27. The summed E-state index contributed by atoms with van der Waals surface area (Å²) < 4.78 is 26.6. The van der Waals surface area contributed by atoms with Crippen LogP contribution in [0.2, 0.25) is 0 Å². The lowest BCUT2D eigenvalue weighted by Crippen LogP contribution is -2.64. The molecule has 0 bridgehead atoms. The first kappa shape index (κ1) is 18.8. The first-order valence-corrected chi connectivity index (χ1v) is 10.5. The number of nitrogens with zero attached hydrogens (tertiary/aromatic N) is 2. The van der Waals surface area contributed by atoms with E-state index < -0.39 is 15.6 Å². The van der Waals surface area contributed by atoms with Gasteiger partial charge in [0.1, 0.15) is 0 Å². The van der Waals surface area contributed by atoms with E-state index in [1.54, 1.807) is 4.90 Å². The topological polar surface area (TPSA) is 86.8 Å². The molecule has 1 aromatic rings. The number of nitrogens with one attached hydrogen (secondary N) is 1. The molecule has 2 aliphatic heterocycles. The largest absolute Gasteiger partial charge is 0.347 e. The summed E-state index contributed by atoms with van der Waals surface area (Å²) in [6.45, 7) is 3.97. The Labute approximate surface area is 154 Å². The number of benzene rings is 1. The van der Waals surface area contributed by atoms with E-state index in [2.05, 4.69) is 5.32 Å². The van der Waals surface area contributed by atoms with Crippen molar-refractivity contribution in [2.24, 2.45) is 5.92 Å². The Morgan fingerprint density at radius 3 is 2.35 bits per heavy atom. The molecule has 1 aromatic carbocycles. The lowest BCUT2D eigenvalue weighted by molar-refractivity contribution is -0.134. The molecule has 0 unspecified atom stereocenters. The molecular weight excluding hydrogens is 354 g/mol. The van der Waals surface area contributed by atoms with E-state index in [1.807, 2.05) is 30.3 Å². The number of hydrogen-bond acceptors (Lipinski definition) is 4. The van der Waals surface area contributed by atoms with E-state index in [9.17, 15) is 18.0 Å². The van der Waals surface area contributed by atoms with E-state index >= 15 is 0 Å². The zero-order valence-electron chi connectivity index (χ0n) is 15.3. The van der Waals surface area contributed by atoms with Crippen molar-refractivity contribution in [2.45, 2.75) is 31.8 Å². The Balaban J connectivity index is 2.10. The quantitative estimate of drug-likeness (QED) is 0.839. The molecule has 1 N–H and O–H groups in total. The van der Waals surface area contributed by atoms with E-state index in [0.717, 1.165) is 5.56 Å². The van der Waals surface area contributed by atoms with Crippen LogP contribution in [0.1, 0.15) is 31.9 Å². The van der Waals surface area contributed by atoms with Crippen molar-refractivity contribution >= 4 is 21.8 Å². The predicted molar refractivity (Wildman–Crippen MR) is 97.6 cm³/mol. The van der Waals surface area contributed by atoms with E-state index in [4.69, 9.17) is 0 Å². The molecule has 142 valence electrons. The fraction of sp³-hybridized carbons (Fsp3) is 0.556. The highest BCUT2D eigenvalue weighted by Gasteiger charge is 2.58. The molecule has 2 amide bonds. The van der Waals surface area contributed by atoms with Crippen molar-refractivity contribution in [3.05, 3.63) is 35.9 Å². The van der Waals surface area contributed by atoms with Crippen LogP contribution >= 0.6 is 0 Å². The van der Waals surface area contributed by atoms with Crippen LogP contribution in [0.5, 0.6) is 0 Å². The third kappa shape index (κ3) is 3.35. The molecule has 2 saturated heterocycles. The summed E-state index contributed by atoms with van der Waals surface area (Å²) in [5.41, 5.74) is 0.130. The maximum absolute atomic E-state index is 12.5. The lowest BCUT2D eigenvalue weighted by Gasteiger charge is -2.45. The van der Waals surface area contributed by atoms with E-state index in [0.29, 0.717) is 19.5 Å². The fourth-order valence-corrected chi connectivity index (χ4v) is 5.62. The zero-order valence-corrected chi connectivity index (χ0v) is 16.1. The van der Waals surface area contributed by atoms with Gasteiger partial charge < -0.3 is 10.2 Å². The van der Waals surface area contributed by atoms with Gasteiger partial charge >= 0.3 is 0 Å². The second-order valence-electron chi connectivity index (χ2n) is 7.34. The first-order valence-electron chi connectivity index (χ1n) is 8.70. The molecule has 2 heterocycles. The maximum Gasteiger partial charge on any atom is 0.219 e. The summed E-state index contributed by atoms with van der Waals surface area (Å²) in [6, 6.07) is 9.15. The van der Waals surface area contributed by atoms with Gasteiger partial charge in [0.05, 0.1) is 17.8 Å². The summed E-state index contributed by atoms with van der Waals surface area (Å²) in [6.07, 6.45) is 1.83. The van der Waals surface area contributed by atoms with Crippen molar-refractivity contribution < 1.29 is 18.0 Å². The summed E-state index contributed by atoms with van der Waals surface area (Å²) in [5.74, 6) is -0.385. The van der Waals surface area contributed by atoms with E-state index in [1.165, 1.54) is 24.4 Å². The van der Waals surface area contributed by atoms with Gasteiger partial charge in [0.15, 0.2) is 0 Å². The molecular formula is C18H25N3O4S. The van der Waals surface area contributed by atoms with Crippen molar-refractivity contribution in [1.82, 2.24) is 14.5 Å². The average molecular weight is 379 g/mol. The number of carbonyl (C=O) groups is 2. The van der Waals surface area contributed by atoms with Crippen molar-refractivity contribution in [3.63, 3.8) is 0 Å². The third-order valence-electron chi connectivity index (χ3n) is 5.46. The molecule has 3 atom stereocenters. The van der Waals surface area contributed by atoms with Gasteiger partial charge in [-0.2, -0.15) is 4.31 Å². The van der Waals surface area contributed by atoms with Gasteiger partial charge in [0, 0.05) is 39.4 Å². The summed E-state index contributed by atoms with van der Waals surface area (Å²) in [5, 5.41) is 3.00. The summed E-state index contributed by atoms with van der Waals surface area (Å²) >= 11 is 0. The molecule has 7 nitrogen and oxygen atoms in total. The van der Waals surface area contributed by atoms with Gasteiger partial charge in [-0.25, -0.2) is 8.42 Å². The van der Waals surface area contributed by atoms with Crippen molar-refractivity contribution in [2.75, 3.05) is 25.9 Å². The SMILES string of the molecule is CC(=O)N[C@@]12CN(C(C)=O)CC[C@@H]1[C@@H](c1ccccc1)N(S(C)(=O)=O)C2. The predicted octanol–water partition coefficient (Wildman–Crippen LogP) is 0.746. The Kier molecular flexibility index (Phi) is 4.83. The molecule has 2 aliphatic rings. The van der Waals surface area contributed by atoms with Crippen molar-refractivity contribution in [1.29, 1.82) is 0 Å². The molecule has 0 aromatic heterocycles. The Morgan fingerprint density at radius 1 is 1.15 bits per heavy atom. The zero-order chi connectivity index (χ0) is 19.1. The molecule has 2 fully saturated rings. The number of likely N-dealkylation sites (tertiary alicyclic amines) is 1. The third-order valence-corrected chi connectivity index (χ3v) is 6.67. The summed E-state index contributed by atoms with van der Waals surface area (Å²) in [4.78, 5) is 25.6. The minimum atomic E-state index is -3.49. The molecule has 0 saturated carbocycles. The molecule has 0 spiro atoms. The standard InChI is InChI=1S/C18H25N3O4S/c1-13(22)19-18-11-20(14(2)23)10-9-16(18)17(15-7-5-4-6-8-15)21(12-18)26(3,24)25/h4-8,16-17H,9-12H2,1-3H3,(H,19,22)/t16-,17-,18-/m1/s1. The molecule has 0 aliphatic carbocycles. The smallest absolute Gasteiger partial charge is 0.219 e. The van der Waals surface area contributed by atoms with Gasteiger partial charge in [-0.3, -0.25) is 9.59 Å². The van der Waals surface area contributed by atoms with Crippen LogP contribution in [0.4, 0.5) is 0 Å². The number of fused-ring (bicyclic) bond motifs is 1. The molecule has 8 heteroatoms. The van der Waals surface area contributed by atoms with Crippen molar-refractivity contribution in [3.8, 4) is 0 Å².